The standard InChI is InChI=1S/C12H11NO3S/c1-8-9(6-10(16-8)12(14)15)7-17-11-4-2-3-5-13-11/h2-6H,7H2,1H3,(H,14,15). The molecule has 0 spiro atoms. The number of nitrogens with zero attached hydrogens (tertiary/aromatic N) is 1. The molecule has 0 radical (unpaired) electrons. The molecule has 0 atom stereocenters. The van der Waals surface area contributed by atoms with Crippen molar-refractivity contribution >= 4 is 17.7 Å². The van der Waals surface area contributed by atoms with E-state index in [2.05, 4.69) is 4.98 Å². The topological polar surface area (TPSA) is 63.3 Å². The molecule has 5 heteroatoms. The summed E-state index contributed by atoms with van der Waals surface area (Å²) in [6.07, 6.45) is 1.73. The Morgan fingerprint density at radius 2 is 2.35 bits per heavy atom. The Bertz CT molecular complexity index is 522. The first kappa shape index (κ1) is 11.7. The van der Waals surface area contributed by atoms with Gasteiger partial charge in [0.05, 0.1) is 5.03 Å². The Labute approximate surface area is 103 Å². The van der Waals surface area contributed by atoms with Gasteiger partial charge in [-0.2, -0.15) is 0 Å². The Balaban J connectivity index is 2.07. The van der Waals surface area contributed by atoms with Crippen LogP contribution in [-0.4, -0.2) is 16.1 Å². The first-order valence-electron chi connectivity index (χ1n) is 5.03. The van der Waals surface area contributed by atoms with Crippen LogP contribution < -0.4 is 0 Å². The number of rotatable bonds is 4. The number of hydrogen-bond acceptors (Lipinski definition) is 4. The Hall–Kier alpha value is -1.75. The van der Waals surface area contributed by atoms with Crippen LogP contribution in [0.4, 0.5) is 0 Å². The van der Waals surface area contributed by atoms with E-state index in [1.807, 2.05) is 18.2 Å². The van der Waals surface area contributed by atoms with Gasteiger partial charge in [0.15, 0.2) is 0 Å². The van der Waals surface area contributed by atoms with E-state index in [0.29, 0.717) is 11.5 Å². The van der Waals surface area contributed by atoms with Crippen LogP contribution in [0, 0.1) is 6.92 Å². The average molecular weight is 249 g/mol. The van der Waals surface area contributed by atoms with E-state index >= 15 is 0 Å². The molecular weight excluding hydrogens is 238 g/mol. The Morgan fingerprint density at radius 1 is 1.53 bits per heavy atom. The number of hydrogen-bond donors (Lipinski definition) is 1. The summed E-state index contributed by atoms with van der Waals surface area (Å²) in [5.41, 5.74) is 0.887. The summed E-state index contributed by atoms with van der Waals surface area (Å²) in [5, 5.41) is 9.70. The minimum Gasteiger partial charge on any atom is -0.475 e. The highest BCUT2D eigenvalue weighted by molar-refractivity contribution is 7.98. The van der Waals surface area contributed by atoms with Crippen molar-refractivity contribution in [2.45, 2.75) is 17.7 Å². The zero-order valence-electron chi connectivity index (χ0n) is 9.21. The third-order valence-electron chi connectivity index (χ3n) is 2.24. The normalized spacial score (nSPS) is 10.4. The number of aromatic carboxylic acids is 1. The molecule has 2 heterocycles. The van der Waals surface area contributed by atoms with Crippen LogP contribution >= 0.6 is 11.8 Å². The molecule has 2 aromatic heterocycles. The number of aromatic nitrogens is 1. The highest BCUT2D eigenvalue weighted by atomic mass is 32.2. The van der Waals surface area contributed by atoms with Crippen LogP contribution in [0.1, 0.15) is 21.9 Å². The van der Waals surface area contributed by atoms with Crippen molar-refractivity contribution in [2.75, 3.05) is 0 Å². The number of aryl methyl sites for hydroxylation is 1. The van der Waals surface area contributed by atoms with Gasteiger partial charge >= 0.3 is 5.97 Å². The first-order chi connectivity index (χ1) is 8.16. The van der Waals surface area contributed by atoms with Crippen molar-refractivity contribution < 1.29 is 14.3 Å². The van der Waals surface area contributed by atoms with Gasteiger partial charge in [0, 0.05) is 17.5 Å². The molecule has 17 heavy (non-hydrogen) atoms. The second-order valence-corrected chi connectivity index (χ2v) is 4.45. The SMILES string of the molecule is Cc1oc(C(=O)O)cc1CSc1ccccn1. The van der Waals surface area contributed by atoms with Gasteiger partial charge in [-0.15, -0.1) is 11.8 Å². The highest BCUT2D eigenvalue weighted by Crippen LogP contribution is 2.24. The van der Waals surface area contributed by atoms with Crippen LogP contribution in [0.15, 0.2) is 39.9 Å². The molecule has 0 amide bonds. The molecule has 4 nitrogen and oxygen atoms in total. The molecule has 2 rings (SSSR count). The van der Waals surface area contributed by atoms with Gasteiger partial charge in [-0.3, -0.25) is 0 Å². The van der Waals surface area contributed by atoms with Crippen LogP contribution in [0.3, 0.4) is 0 Å². The third-order valence-corrected chi connectivity index (χ3v) is 3.24. The highest BCUT2D eigenvalue weighted by Gasteiger charge is 2.13. The zero-order chi connectivity index (χ0) is 12.3. The maximum atomic E-state index is 10.7. The third kappa shape index (κ3) is 2.88. The van der Waals surface area contributed by atoms with Gasteiger partial charge in [0.2, 0.25) is 5.76 Å². The first-order valence-corrected chi connectivity index (χ1v) is 6.02. The van der Waals surface area contributed by atoms with Gasteiger partial charge in [-0.1, -0.05) is 6.07 Å². The summed E-state index contributed by atoms with van der Waals surface area (Å²) in [6.45, 7) is 1.76. The van der Waals surface area contributed by atoms with E-state index in [0.717, 1.165) is 10.6 Å². The lowest BCUT2D eigenvalue weighted by atomic mass is 10.3. The maximum Gasteiger partial charge on any atom is 0.371 e. The molecule has 0 saturated carbocycles. The molecule has 0 bridgehead atoms. The maximum absolute atomic E-state index is 10.7. The molecule has 0 aliphatic heterocycles. The van der Waals surface area contributed by atoms with Crippen molar-refractivity contribution in [2.24, 2.45) is 0 Å². The fourth-order valence-electron chi connectivity index (χ4n) is 1.35. The average Bonchev–Trinajstić information content (AvgIpc) is 2.70. The second kappa shape index (κ2) is 5.05. The van der Waals surface area contributed by atoms with Crippen LogP contribution in [0.2, 0.25) is 0 Å². The lowest BCUT2D eigenvalue weighted by Crippen LogP contribution is -1.91. The molecule has 0 saturated heterocycles. The van der Waals surface area contributed by atoms with Gasteiger partial charge < -0.3 is 9.52 Å². The molecule has 2 aromatic rings. The molecule has 88 valence electrons. The monoisotopic (exact) mass is 249 g/mol. The number of carboxylic acid groups (broad SMARTS) is 1. The summed E-state index contributed by atoms with van der Waals surface area (Å²) in [5.74, 6) is 0.242. The molecule has 0 aliphatic rings. The van der Waals surface area contributed by atoms with Crippen molar-refractivity contribution in [1.29, 1.82) is 0 Å². The summed E-state index contributed by atoms with van der Waals surface area (Å²) >= 11 is 1.55. The van der Waals surface area contributed by atoms with E-state index in [1.165, 1.54) is 0 Å². The van der Waals surface area contributed by atoms with Gasteiger partial charge in [0.1, 0.15) is 5.76 Å². The smallest absolute Gasteiger partial charge is 0.371 e. The molecule has 0 fully saturated rings. The van der Waals surface area contributed by atoms with E-state index in [9.17, 15) is 4.79 Å². The predicted octanol–water partition coefficient (Wildman–Crippen LogP) is 2.97. The number of carboxylic acids is 1. The molecule has 1 N–H and O–H groups in total. The summed E-state index contributed by atoms with van der Waals surface area (Å²) in [4.78, 5) is 14.9. The van der Waals surface area contributed by atoms with Crippen molar-refractivity contribution in [1.82, 2.24) is 4.98 Å². The molecule has 0 unspecified atom stereocenters. The largest absolute Gasteiger partial charge is 0.475 e. The second-order valence-electron chi connectivity index (χ2n) is 3.45. The van der Waals surface area contributed by atoms with Crippen LogP contribution in [0.5, 0.6) is 0 Å². The lowest BCUT2D eigenvalue weighted by molar-refractivity contribution is 0.0661. The Morgan fingerprint density at radius 3 is 2.94 bits per heavy atom. The Kier molecular flexibility index (Phi) is 3.49. The molecule has 0 aromatic carbocycles. The van der Waals surface area contributed by atoms with Gasteiger partial charge in [0.25, 0.3) is 0 Å². The van der Waals surface area contributed by atoms with Gasteiger partial charge in [-0.05, 0) is 25.1 Å². The summed E-state index contributed by atoms with van der Waals surface area (Å²) < 4.78 is 5.13. The summed E-state index contributed by atoms with van der Waals surface area (Å²) in [7, 11) is 0. The van der Waals surface area contributed by atoms with E-state index in [4.69, 9.17) is 9.52 Å². The fraction of sp³-hybridized carbons (Fsp3) is 0.167. The van der Waals surface area contributed by atoms with Crippen molar-refractivity contribution in [3.63, 3.8) is 0 Å². The fourth-order valence-corrected chi connectivity index (χ4v) is 2.25. The predicted molar refractivity (Wildman–Crippen MR) is 64.2 cm³/mol. The minimum absolute atomic E-state index is 0.0147. The lowest BCUT2D eigenvalue weighted by Gasteiger charge is -1.98. The van der Waals surface area contributed by atoms with E-state index < -0.39 is 5.97 Å². The number of thioether (sulfide) groups is 1. The van der Waals surface area contributed by atoms with E-state index in [-0.39, 0.29) is 5.76 Å². The molecule has 0 aliphatic carbocycles. The zero-order valence-corrected chi connectivity index (χ0v) is 10.0. The molecular formula is C12H11NO3S. The number of pyridine rings is 1. The van der Waals surface area contributed by atoms with Crippen LogP contribution in [0.25, 0.3) is 0 Å². The van der Waals surface area contributed by atoms with Crippen molar-refractivity contribution in [3.05, 3.63) is 47.5 Å². The summed E-state index contributed by atoms with van der Waals surface area (Å²) in [6, 6.07) is 7.25. The number of carbonyl (C=O) groups is 1. The quantitative estimate of drug-likeness (QED) is 0.844. The van der Waals surface area contributed by atoms with Crippen LogP contribution in [-0.2, 0) is 5.75 Å². The van der Waals surface area contributed by atoms with E-state index in [1.54, 1.807) is 30.9 Å². The minimum atomic E-state index is -1.04. The van der Waals surface area contributed by atoms with Gasteiger partial charge in [-0.25, -0.2) is 9.78 Å². The number of furan rings is 1. The van der Waals surface area contributed by atoms with Crippen molar-refractivity contribution in [3.8, 4) is 0 Å².